The van der Waals surface area contributed by atoms with E-state index in [2.05, 4.69) is 61.5 Å². The van der Waals surface area contributed by atoms with Crippen LogP contribution in [0.15, 0.2) is 37.2 Å². The minimum atomic E-state index is -0.352. The maximum atomic E-state index is 13.3. The minimum absolute atomic E-state index is 0.221. The van der Waals surface area contributed by atoms with Crippen LogP contribution in [-0.2, 0) is 5.41 Å². The number of H-pyrrole nitrogens is 1. The lowest BCUT2D eigenvalue weighted by Crippen LogP contribution is -2.28. The van der Waals surface area contributed by atoms with E-state index in [9.17, 15) is 4.79 Å². The van der Waals surface area contributed by atoms with Gasteiger partial charge in [0, 0.05) is 22.7 Å². The first-order valence-electron chi connectivity index (χ1n) is 10.7. The van der Waals surface area contributed by atoms with E-state index in [0.717, 1.165) is 21.3 Å². The van der Waals surface area contributed by atoms with Gasteiger partial charge in [-0.2, -0.15) is 0 Å². The number of hydrogen-bond acceptors (Lipinski definition) is 8. The Morgan fingerprint density at radius 3 is 2.68 bits per heavy atom. The molecule has 5 aromatic heterocycles. The standard InChI is InChI=1S/C22H24N10OS/c1-12-7-24-21(34-12)16-8-23-19-15(32-17(9-26-30-32)22(3,4)5)6-14(10-31(16)19)20(33)28-13(2)18-25-11-27-29-18/h6-11,13H,1-5H3,(H,28,33)(H,25,27,29). The average Bonchev–Trinajstić information content (AvgIpc) is 3.58. The molecule has 0 bridgehead atoms. The van der Waals surface area contributed by atoms with Crippen LogP contribution in [0.4, 0.5) is 0 Å². The molecular weight excluding hydrogens is 452 g/mol. The number of aryl methyl sites for hydroxylation is 1. The number of thiazole rings is 1. The molecule has 0 aliphatic carbocycles. The van der Waals surface area contributed by atoms with E-state index in [4.69, 9.17) is 0 Å². The maximum absolute atomic E-state index is 13.3. The number of aromatic amines is 1. The number of carbonyl (C=O) groups excluding carboxylic acids is 1. The van der Waals surface area contributed by atoms with Gasteiger partial charge in [-0.05, 0) is 19.9 Å². The molecule has 11 nitrogen and oxygen atoms in total. The molecule has 0 radical (unpaired) electrons. The third-order valence-electron chi connectivity index (χ3n) is 5.43. The first-order valence-corrected chi connectivity index (χ1v) is 11.6. The van der Waals surface area contributed by atoms with Gasteiger partial charge in [0.15, 0.2) is 11.5 Å². The highest BCUT2D eigenvalue weighted by Crippen LogP contribution is 2.30. The van der Waals surface area contributed by atoms with E-state index in [0.29, 0.717) is 22.7 Å². The molecule has 5 heterocycles. The zero-order valence-electron chi connectivity index (χ0n) is 19.4. The quantitative estimate of drug-likeness (QED) is 0.398. The number of rotatable bonds is 5. The molecule has 12 heteroatoms. The van der Waals surface area contributed by atoms with Gasteiger partial charge in [0.2, 0.25) is 0 Å². The Kier molecular flexibility index (Phi) is 5.24. The van der Waals surface area contributed by atoms with Crippen LogP contribution in [0.3, 0.4) is 0 Å². The molecule has 1 unspecified atom stereocenters. The summed E-state index contributed by atoms with van der Waals surface area (Å²) >= 11 is 1.57. The van der Waals surface area contributed by atoms with Crippen LogP contribution in [0.2, 0.25) is 0 Å². The predicted octanol–water partition coefficient (Wildman–Crippen LogP) is 3.25. The number of amides is 1. The van der Waals surface area contributed by atoms with Gasteiger partial charge in [-0.1, -0.05) is 26.0 Å². The molecular formula is C22H24N10OS. The molecule has 5 rings (SSSR count). The van der Waals surface area contributed by atoms with Gasteiger partial charge in [0.05, 0.1) is 29.7 Å². The summed E-state index contributed by atoms with van der Waals surface area (Å²) in [6, 6.07) is 1.43. The first kappa shape index (κ1) is 21.9. The zero-order valence-corrected chi connectivity index (χ0v) is 20.3. The fraction of sp³-hybridized carbons (Fsp3) is 0.318. The number of nitrogens with zero attached hydrogens (tertiary/aromatic N) is 8. The molecule has 0 aliphatic rings. The molecule has 0 fully saturated rings. The van der Waals surface area contributed by atoms with Gasteiger partial charge in [0.1, 0.15) is 22.7 Å². The van der Waals surface area contributed by atoms with Gasteiger partial charge in [-0.3, -0.25) is 9.20 Å². The molecule has 5 aromatic rings. The third kappa shape index (κ3) is 3.85. The summed E-state index contributed by atoms with van der Waals surface area (Å²) < 4.78 is 3.63. The van der Waals surface area contributed by atoms with E-state index >= 15 is 0 Å². The molecule has 0 spiro atoms. The highest BCUT2D eigenvalue weighted by atomic mass is 32.1. The Morgan fingerprint density at radius 2 is 2.00 bits per heavy atom. The Bertz CT molecular complexity index is 1470. The number of pyridine rings is 1. The molecule has 34 heavy (non-hydrogen) atoms. The van der Waals surface area contributed by atoms with Gasteiger partial charge in [0.25, 0.3) is 5.91 Å². The van der Waals surface area contributed by atoms with E-state index < -0.39 is 0 Å². The van der Waals surface area contributed by atoms with Crippen molar-refractivity contribution in [3.63, 3.8) is 0 Å². The van der Waals surface area contributed by atoms with Crippen molar-refractivity contribution >= 4 is 22.9 Å². The largest absolute Gasteiger partial charge is 0.342 e. The molecule has 0 aliphatic heterocycles. The van der Waals surface area contributed by atoms with Crippen LogP contribution in [-0.4, -0.2) is 50.5 Å². The van der Waals surface area contributed by atoms with E-state index in [1.54, 1.807) is 40.7 Å². The number of nitrogens with one attached hydrogen (secondary N) is 2. The third-order valence-corrected chi connectivity index (χ3v) is 6.36. The van der Waals surface area contributed by atoms with Crippen LogP contribution in [0, 0.1) is 6.92 Å². The summed E-state index contributed by atoms with van der Waals surface area (Å²) in [6.45, 7) is 10.1. The predicted molar refractivity (Wildman–Crippen MR) is 127 cm³/mol. The van der Waals surface area contributed by atoms with Gasteiger partial charge in [-0.15, -0.1) is 26.6 Å². The van der Waals surface area contributed by atoms with Crippen molar-refractivity contribution in [3.8, 4) is 16.4 Å². The van der Waals surface area contributed by atoms with E-state index in [-0.39, 0.29) is 17.4 Å². The molecule has 0 saturated carbocycles. The van der Waals surface area contributed by atoms with E-state index in [1.165, 1.54) is 6.33 Å². The van der Waals surface area contributed by atoms with Crippen LogP contribution in [0.25, 0.3) is 22.0 Å². The van der Waals surface area contributed by atoms with Crippen molar-refractivity contribution in [2.24, 2.45) is 0 Å². The van der Waals surface area contributed by atoms with Crippen molar-refractivity contribution in [1.29, 1.82) is 0 Å². The summed E-state index contributed by atoms with van der Waals surface area (Å²) in [5, 5.41) is 20.1. The monoisotopic (exact) mass is 476 g/mol. The lowest BCUT2D eigenvalue weighted by Gasteiger charge is -2.20. The summed E-state index contributed by atoms with van der Waals surface area (Å²) in [5.74, 6) is 0.307. The molecule has 1 atom stereocenters. The lowest BCUT2D eigenvalue weighted by molar-refractivity contribution is 0.0938. The summed E-state index contributed by atoms with van der Waals surface area (Å²) in [7, 11) is 0. The normalized spacial score (nSPS) is 12.9. The second-order valence-electron chi connectivity index (χ2n) is 9.08. The van der Waals surface area contributed by atoms with Gasteiger partial charge < -0.3 is 10.3 Å². The Hall–Kier alpha value is -3.93. The zero-order chi connectivity index (χ0) is 24.0. The highest BCUT2D eigenvalue weighted by Gasteiger charge is 2.25. The van der Waals surface area contributed by atoms with Crippen LogP contribution in [0.1, 0.15) is 60.5 Å². The second-order valence-corrected chi connectivity index (χ2v) is 10.3. The highest BCUT2D eigenvalue weighted by molar-refractivity contribution is 7.14. The SMILES string of the molecule is Cc1cnc(-c2cnc3c(-n4nncc4C(C)(C)C)cc(C(=O)NC(C)c4nnc[nH]4)cn23)s1. The minimum Gasteiger partial charge on any atom is -0.342 e. The second kappa shape index (κ2) is 8.13. The van der Waals surface area contributed by atoms with Crippen molar-refractivity contribution in [3.05, 3.63) is 59.1 Å². The van der Waals surface area contributed by atoms with Gasteiger partial charge >= 0.3 is 0 Å². The molecule has 0 aromatic carbocycles. The summed E-state index contributed by atoms with van der Waals surface area (Å²) in [5.41, 5.74) is 3.22. The Morgan fingerprint density at radius 1 is 1.18 bits per heavy atom. The number of carbonyl (C=O) groups is 1. The van der Waals surface area contributed by atoms with Crippen LogP contribution >= 0.6 is 11.3 Å². The number of hydrogen-bond donors (Lipinski definition) is 2. The first-order chi connectivity index (χ1) is 16.2. The van der Waals surface area contributed by atoms with Crippen molar-refractivity contribution < 1.29 is 4.79 Å². The smallest absolute Gasteiger partial charge is 0.253 e. The van der Waals surface area contributed by atoms with Crippen molar-refractivity contribution in [2.45, 2.75) is 46.1 Å². The number of imidazole rings is 1. The summed E-state index contributed by atoms with van der Waals surface area (Å²) in [6.07, 6.45) is 8.58. The fourth-order valence-electron chi connectivity index (χ4n) is 3.68. The van der Waals surface area contributed by atoms with Crippen LogP contribution < -0.4 is 5.32 Å². The molecule has 0 saturated heterocycles. The lowest BCUT2D eigenvalue weighted by atomic mass is 9.92. The molecule has 174 valence electrons. The van der Waals surface area contributed by atoms with Crippen molar-refractivity contribution in [2.75, 3.05) is 0 Å². The molecule has 1 amide bonds. The van der Waals surface area contributed by atoms with Gasteiger partial charge in [-0.25, -0.2) is 14.6 Å². The number of aromatic nitrogens is 9. The Labute approximate surface area is 199 Å². The van der Waals surface area contributed by atoms with Crippen molar-refractivity contribution in [1.82, 2.24) is 49.9 Å². The summed E-state index contributed by atoms with van der Waals surface area (Å²) in [4.78, 5) is 26.5. The maximum Gasteiger partial charge on any atom is 0.253 e. The van der Waals surface area contributed by atoms with Crippen LogP contribution in [0.5, 0.6) is 0 Å². The average molecular weight is 477 g/mol. The molecule has 2 N–H and O–H groups in total. The number of fused-ring (bicyclic) bond motifs is 1. The van der Waals surface area contributed by atoms with E-state index in [1.807, 2.05) is 24.4 Å². The Balaban J connectivity index is 1.67. The topological polar surface area (TPSA) is 132 Å². The fourth-order valence-corrected chi connectivity index (χ4v) is 4.45.